The van der Waals surface area contributed by atoms with Gasteiger partial charge in [0.05, 0.1) is 0 Å². The van der Waals surface area contributed by atoms with Crippen molar-refractivity contribution in [2.24, 2.45) is 23.0 Å². The molecule has 3 heteroatoms. The van der Waals surface area contributed by atoms with Crippen molar-refractivity contribution in [1.82, 2.24) is 4.90 Å². The summed E-state index contributed by atoms with van der Waals surface area (Å²) in [7, 11) is 2.02. The summed E-state index contributed by atoms with van der Waals surface area (Å²) in [6.45, 7) is 6.88. The highest BCUT2D eigenvalue weighted by Crippen LogP contribution is 2.38. The number of carbonyl (C=O) groups excluding carboxylic acids is 1. The van der Waals surface area contributed by atoms with Crippen LogP contribution in [0.1, 0.15) is 65.7 Å². The predicted molar refractivity (Wildman–Crippen MR) is 83.3 cm³/mol. The molecule has 0 aromatic rings. The second-order valence-electron chi connectivity index (χ2n) is 8.00. The zero-order valence-corrected chi connectivity index (χ0v) is 13.7. The van der Waals surface area contributed by atoms with Crippen LogP contribution in [0.15, 0.2) is 0 Å². The number of rotatable bonds is 2. The summed E-state index contributed by atoms with van der Waals surface area (Å²) in [4.78, 5) is 14.8. The van der Waals surface area contributed by atoms with Crippen molar-refractivity contribution in [2.45, 2.75) is 77.8 Å². The molecule has 0 bridgehead atoms. The van der Waals surface area contributed by atoms with Gasteiger partial charge in [-0.2, -0.15) is 0 Å². The second kappa shape index (κ2) is 6.05. The van der Waals surface area contributed by atoms with Crippen LogP contribution in [0.25, 0.3) is 0 Å². The second-order valence-corrected chi connectivity index (χ2v) is 8.00. The third kappa shape index (κ3) is 3.55. The molecule has 3 nitrogen and oxygen atoms in total. The quantitative estimate of drug-likeness (QED) is 0.844. The maximum absolute atomic E-state index is 12.8. The molecule has 2 aliphatic carbocycles. The fourth-order valence-corrected chi connectivity index (χ4v) is 4.02. The van der Waals surface area contributed by atoms with E-state index < -0.39 is 0 Å². The average molecular weight is 280 g/mol. The van der Waals surface area contributed by atoms with Gasteiger partial charge >= 0.3 is 0 Å². The van der Waals surface area contributed by atoms with Gasteiger partial charge < -0.3 is 10.6 Å². The predicted octanol–water partition coefficient (Wildman–Crippen LogP) is 3.18. The number of amides is 1. The summed E-state index contributed by atoms with van der Waals surface area (Å²) in [5.74, 6) is 1.01. The Morgan fingerprint density at radius 3 is 2.30 bits per heavy atom. The van der Waals surface area contributed by atoms with Crippen LogP contribution >= 0.6 is 0 Å². The molecule has 3 unspecified atom stereocenters. The summed E-state index contributed by atoms with van der Waals surface area (Å²) in [5, 5.41) is 0. The van der Waals surface area contributed by atoms with Gasteiger partial charge in [0.1, 0.15) is 0 Å². The van der Waals surface area contributed by atoms with E-state index in [1.54, 1.807) is 0 Å². The van der Waals surface area contributed by atoms with Crippen LogP contribution in [-0.2, 0) is 4.79 Å². The van der Waals surface area contributed by atoms with E-state index in [1.165, 1.54) is 12.8 Å². The summed E-state index contributed by atoms with van der Waals surface area (Å²) < 4.78 is 0. The molecule has 1 amide bonds. The lowest BCUT2D eigenvalue weighted by molar-refractivity contribution is -0.140. The zero-order valence-electron chi connectivity index (χ0n) is 13.7. The van der Waals surface area contributed by atoms with Crippen molar-refractivity contribution >= 4 is 5.91 Å². The Labute approximate surface area is 124 Å². The van der Waals surface area contributed by atoms with Gasteiger partial charge in [0.15, 0.2) is 0 Å². The molecule has 2 N–H and O–H groups in total. The highest BCUT2D eigenvalue weighted by Gasteiger charge is 2.36. The number of nitrogens with zero attached hydrogens (tertiary/aromatic N) is 1. The van der Waals surface area contributed by atoms with Crippen LogP contribution in [0, 0.1) is 17.3 Å². The molecule has 0 radical (unpaired) electrons. The smallest absolute Gasteiger partial charge is 0.225 e. The van der Waals surface area contributed by atoms with Crippen LogP contribution in [0.3, 0.4) is 0 Å². The molecule has 0 heterocycles. The lowest BCUT2D eigenvalue weighted by Gasteiger charge is -2.41. The molecule has 2 rings (SSSR count). The van der Waals surface area contributed by atoms with E-state index in [0.29, 0.717) is 29.3 Å². The molecule has 0 aliphatic heterocycles. The molecule has 3 atom stereocenters. The van der Waals surface area contributed by atoms with E-state index in [2.05, 4.69) is 25.7 Å². The van der Waals surface area contributed by atoms with Crippen molar-refractivity contribution in [3.05, 3.63) is 0 Å². The number of nitrogens with two attached hydrogens (primary N) is 1. The van der Waals surface area contributed by atoms with Gasteiger partial charge in [0, 0.05) is 25.0 Å². The van der Waals surface area contributed by atoms with Gasteiger partial charge in [-0.1, -0.05) is 20.8 Å². The molecule has 0 spiro atoms. The molecule has 2 fully saturated rings. The SMILES string of the molecule is CC1CC(N)CCC1C(=O)N(C)C1CCC(C)(C)CC1. The minimum Gasteiger partial charge on any atom is -0.343 e. The van der Waals surface area contributed by atoms with Gasteiger partial charge in [-0.25, -0.2) is 0 Å². The fourth-order valence-electron chi connectivity index (χ4n) is 4.02. The standard InChI is InChI=1S/C17H32N2O/c1-12-11-13(18)5-6-15(12)16(20)19(4)14-7-9-17(2,3)10-8-14/h12-15H,5-11,18H2,1-4H3. The van der Waals surface area contributed by atoms with Crippen molar-refractivity contribution in [3.63, 3.8) is 0 Å². The van der Waals surface area contributed by atoms with Gasteiger partial charge in [0.2, 0.25) is 5.91 Å². The first-order valence-electron chi connectivity index (χ1n) is 8.32. The van der Waals surface area contributed by atoms with Crippen LogP contribution in [0.2, 0.25) is 0 Å². The van der Waals surface area contributed by atoms with Gasteiger partial charge in [-0.3, -0.25) is 4.79 Å². The van der Waals surface area contributed by atoms with E-state index in [9.17, 15) is 4.79 Å². The molecular formula is C17H32N2O. The summed E-state index contributed by atoms with van der Waals surface area (Å²) in [6, 6.07) is 0.758. The molecule has 0 saturated heterocycles. The first-order valence-corrected chi connectivity index (χ1v) is 8.32. The van der Waals surface area contributed by atoms with E-state index in [4.69, 9.17) is 5.73 Å². The van der Waals surface area contributed by atoms with E-state index in [-0.39, 0.29) is 5.92 Å². The normalized spacial score (nSPS) is 34.8. The van der Waals surface area contributed by atoms with Gasteiger partial charge in [-0.15, -0.1) is 0 Å². The molecule has 2 saturated carbocycles. The van der Waals surface area contributed by atoms with Crippen molar-refractivity contribution in [2.75, 3.05) is 7.05 Å². The monoisotopic (exact) mass is 280 g/mol. The summed E-state index contributed by atoms with van der Waals surface area (Å²) in [6.07, 6.45) is 7.78. The maximum Gasteiger partial charge on any atom is 0.225 e. The van der Waals surface area contributed by atoms with Crippen LogP contribution < -0.4 is 5.73 Å². The zero-order chi connectivity index (χ0) is 14.9. The van der Waals surface area contributed by atoms with E-state index in [1.807, 2.05) is 7.05 Å². The number of carbonyl (C=O) groups is 1. The maximum atomic E-state index is 12.8. The molecule has 20 heavy (non-hydrogen) atoms. The Bertz CT molecular complexity index is 343. The van der Waals surface area contributed by atoms with Gasteiger partial charge in [-0.05, 0) is 56.3 Å². The third-order valence-electron chi connectivity index (χ3n) is 5.73. The lowest BCUT2D eigenvalue weighted by atomic mass is 9.74. The van der Waals surface area contributed by atoms with Crippen molar-refractivity contribution < 1.29 is 4.79 Å². The first-order chi connectivity index (χ1) is 9.30. The Hall–Kier alpha value is -0.570. The number of hydrogen-bond donors (Lipinski definition) is 1. The Balaban J connectivity index is 1.92. The molecule has 0 aromatic heterocycles. The van der Waals surface area contributed by atoms with Crippen molar-refractivity contribution in [3.8, 4) is 0 Å². The lowest BCUT2D eigenvalue weighted by Crippen LogP contribution is -2.47. The highest BCUT2D eigenvalue weighted by atomic mass is 16.2. The first kappa shape index (κ1) is 15.8. The topological polar surface area (TPSA) is 46.3 Å². The largest absolute Gasteiger partial charge is 0.343 e. The summed E-state index contributed by atoms with van der Waals surface area (Å²) in [5.41, 5.74) is 6.47. The third-order valence-corrected chi connectivity index (χ3v) is 5.73. The summed E-state index contributed by atoms with van der Waals surface area (Å²) >= 11 is 0. The van der Waals surface area contributed by atoms with E-state index in [0.717, 1.165) is 32.1 Å². The van der Waals surface area contributed by atoms with Crippen molar-refractivity contribution in [1.29, 1.82) is 0 Å². The van der Waals surface area contributed by atoms with Crippen LogP contribution in [-0.4, -0.2) is 29.9 Å². The number of hydrogen-bond acceptors (Lipinski definition) is 2. The Kier molecular flexibility index (Phi) is 4.78. The molecule has 0 aromatic carbocycles. The Morgan fingerprint density at radius 2 is 1.75 bits per heavy atom. The molecular weight excluding hydrogens is 248 g/mol. The molecule has 116 valence electrons. The highest BCUT2D eigenvalue weighted by molar-refractivity contribution is 5.79. The van der Waals surface area contributed by atoms with Gasteiger partial charge in [0.25, 0.3) is 0 Å². The van der Waals surface area contributed by atoms with Crippen LogP contribution in [0.5, 0.6) is 0 Å². The van der Waals surface area contributed by atoms with E-state index >= 15 is 0 Å². The minimum atomic E-state index is 0.203. The average Bonchev–Trinajstić information content (AvgIpc) is 2.37. The minimum absolute atomic E-state index is 0.203. The fraction of sp³-hybridized carbons (Fsp3) is 0.941. The van der Waals surface area contributed by atoms with Crippen LogP contribution in [0.4, 0.5) is 0 Å². The molecule has 2 aliphatic rings. The Morgan fingerprint density at radius 1 is 1.15 bits per heavy atom.